The Hall–Kier alpha value is -2.48. The quantitative estimate of drug-likeness (QED) is 0.288. The highest BCUT2D eigenvalue weighted by Gasteiger charge is 2.13. The van der Waals surface area contributed by atoms with E-state index in [1.54, 1.807) is 42.5 Å². The molecular weight excluding hydrogens is 395 g/mol. The standard InChI is InChI=1S/C22H22Cl2N2O2/c1-2-3-4-7-12-28-21-11-10-18(23)14-16(21)13-17(15-25)22(27)26-20-9-6-5-8-19(20)24/h5-6,8-11,13-14H,2-4,7,12H2,1H3,(H,26,27)/b17-13+. The molecule has 0 fully saturated rings. The van der Waals surface area contributed by atoms with Crippen LogP contribution in [0.4, 0.5) is 5.69 Å². The Kier molecular flexibility index (Phi) is 8.87. The number of benzene rings is 2. The van der Waals surface area contributed by atoms with Gasteiger partial charge in [-0.2, -0.15) is 5.26 Å². The van der Waals surface area contributed by atoms with E-state index in [9.17, 15) is 10.1 Å². The summed E-state index contributed by atoms with van der Waals surface area (Å²) in [7, 11) is 0. The summed E-state index contributed by atoms with van der Waals surface area (Å²) in [4.78, 5) is 12.5. The number of carbonyl (C=O) groups excluding carboxylic acids is 1. The Morgan fingerprint density at radius 3 is 2.68 bits per heavy atom. The third-order valence-electron chi connectivity index (χ3n) is 4.01. The van der Waals surface area contributed by atoms with Crippen molar-refractivity contribution >= 4 is 40.9 Å². The van der Waals surface area contributed by atoms with Gasteiger partial charge in [-0.05, 0) is 42.8 Å². The van der Waals surface area contributed by atoms with E-state index in [0.29, 0.717) is 33.7 Å². The number of carbonyl (C=O) groups is 1. The number of hydrogen-bond acceptors (Lipinski definition) is 3. The van der Waals surface area contributed by atoms with Crippen molar-refractivity contribution in [1.29, 1.82) is 5.26 Å². The van der Waals surface area contributed by atoms with Gasteiger partial charge in [-0.25, -0.2) is 0 Å². The fourth-order valence-electron chi connectivity index (χ4n) is 2.53. The van der Waals surface area contributed by atoms with Gasteiger partial charge in [0.15, 0.2) is 0 Å². The van der Waals surface area contributed by atoms with Gasteiger partial charge in [-0.1, -0.05) is 61.5 Å². The summed E-state index contributed by atoms with van der Waals surface area (Å²) in [6, 6.07) is 13.9. The highest BCUT2D eigenvalue weighted by molar-refractivity contribution is 6.34. The molecule has 2 rings (SSSR count). The summed E-state index contributed by atoms with van der Waals surface area (Å²) < 4.78 is 5.84. The number of amides is 1. The number of nitrogens with one attached hydrogen (secondary N) is 1. The lowest BCUT2D eigenvalue weighted by Crippen LogP contribution is -2.13. The van der Waals surface area contributed by atoms with Crippen molar-refractivity contribution in [1.82, 2.24) is 0 Å². The second kappa shape index (κ2) is 11.4. The Morgan fingerprint density at radius 2 is 1.96 bits per heavy atom. The number of halogens is 2. The zero-order chi connectivity index (χ0) is 20.4. The molecule has 0 saturated heterocycles. The first-order chi connectivity index (χ1) is 13.5. The molecule has 0 radical (unpaired) electrons. The molecule has 0 aromatic heterocycles. The van der Waals surface area contributed by atoms with E-state index in [4.69, 9.17) is 27.9 Å². The molecule has 0 bridgehead atoms. The van der Waals surface area contributed by atoms with E-state index in [1.807, 2.05) is 6.07 Å². The van der Waals surface area contributed by atoms with Crippen molar-refractivity contribution in [3.05, 3.63) is 63.6 Å². The molecule has 0 aliphatic heterocycles. The fourth-order valence-corrected chi connectivity index (χ4v) is 2.89. The van der Waals surface area contributed by atoms with E-state index < -0.39 is 5.91 Å². The first kappa shape index (κ1) is 21.8. The van der Waals surface area contributed by atoms with E-state index in [1.165, 1.54) is 6.08 Å². The minimum Gasteiger partial charge on any atom is -0.493 e. The molecule has 2 aromatic carbocycles. The number of rotatable bonds is 9. The van der Waals surface area contributed by atoms with Gasteiger partial charge in [0.05, 0.1) is 17.3 Å². The number of nitrogens with zero attached hydrogens (tertiary/aromatic N) is 1. The summed E-state index contributed by atoms with van der Waals surface area (Å²) in [5, 5.41) is 13.0. The molecule has 0 spiro atoms. The predicted molar refractivity (Wildman–Crippen MR) is 115 cm³/mol. The predicted octanol–water partition coefficient (Wildman–Crippen LogP) is 6.50. The topological polar surface area (TPSA) is 62.1 Å². The summed E-state index contributed by atoms with van der Waals surface area (Å²) >= 11 is 12.2. The molecule has 1 amide bonds. The maximum absolute atomic E-state index is 12.5. The second-order valence-corrected chi connectivity index (χ2v) is 7.04. The van der Waals surface area contributed by atoms with Gasteiger partial charge in [-0.3, -0.25) is 4.79 Å². The first-order valence-corrected chi connectivity index (χ1v) is 9.90. The van der Waals surface area contributed by atoms with Gasteiger partial charge < -0.3 is 10.1 Å². The summed E-state index contributed by atoms with van der Waals surface area (Å²) in [5.41, 5.74) is 0.945. The molecular formula is C22H22Cl2N2O2. The van der Waals surface area contributed by atoms with Crippen LogP contribution in [0, 0.1) is 11.3 Å². The Bertz CT molecular complexity index is 888. The minimum absolute atomic E-state index is 0.0713. The maximum atomic E-state index is 12.5. The third-order valence-corrected chi connectivity index (χ3v) is 4.58. The number of nitriles is 1. The second-order valence-electron chi connectivity index (χ2n) is 6.20. The molecule has 4 nitrogen and oxygen atoms in total. The molecule has 28 heavy (non-hydrogen) atoms. The number of hydrogen-bond donors (Lipinski definition) is 1. The van der Waals surface area contributed by atoms with Crippen LogP contribution >= 0.6 is 23.2 Å². The highest BCUT2D eigenvalue weighted by Crippen LogP contribution is 2.26. The van der Waals surface area contributed by atoms with E-state index >= 15 is 0 Å². The molecule has 0 unspecified atom stereocenters. The van der Waals surface area contributed by atoms with Gasteiger partial charge in [0.2, 0.25) is 0 Å². The van der Waals surface area contributed by atoms with Gasteiger partial charge in [-0.15, -0.1) is 0 Å². The number of ether oxygens (including phenoxy) is 1. The first-order valence-electron chi connectivity index (χ1n) is 9.15. The van der Waals surface area contributed by atoms with Crippen molar-refractivity contribution in [2.75, 3.05) is 11.9 Å². The monoisotopic (exact) mass is 416 g/mol. The van der Waals surface area contributed by atoms with Crippen molar-refractivity contribution in [3.63, 3.8) is 0 Å². The van der Waals surface area contributed by atoms with Gasteiger partial charge in [0.25, 0.3) is 5.91 Å². The molecule has 0 atom stereocenters. The van der Waals surface area contributed by atoms with Crippen molar-refractivity contribution in [2.45, 2.75) is 32.6 Å². The maximum Gasteiger partial charge on any atom is 0.266 e. The van der Waals surface area contributed by atoms with E-state index in [0.717, 1.165) is 25.7 Å². The zero-order valence-electron chi connectivity index (χ0n) is 15.7. The fraction of sp³-hybridized carbons (Fsp3) is 0.273. The Morgan fingerprint density at radius 1 is 1.18 bits per heavy atom. The number of anilines is 1. The van der Waals surface area contributed by atoms with Crippen molar-refractivity contribution in [3.8, 4) is 11.8 Å². The molecule has 146 valence electrons. The highest BCUT2D eigenvalue weighted by atomic mass is 35.5. The van der Waals surface area contributed by atoms with Crippen LogP contribution in [0.2, 0.25) is 10.0 Å². The number of unbranched alkanes of at least 4 members (excludes halogenated alkanes) is 3. The average molecular weight is 417 g/mol. The minimum atomic E-state index is -0.551. The van der Waals surface area contributed by atoms with Crippen LogP contribution in [0.5, 0.6) is 5.75 Å². The van der Waals surface area contributed by atoms with Crippen LogP contribution < -0.4 is 10.1 Å². The molecule has 2 aromatic rings. The van der Waals surface area contributed by atoms with Gasteiger partial charge in [0.1, 0.15) is 17.4 Å². The summed E-state index contributed by atoms with van der Waals surface area (Å²) in [6.45, 7) is 2.72. The molecule has 0 aliphatic carbocycles. The Balaban J connectivity index is 2.18. The molecule has 0 aliphatic rings. The average Bonchev–Trinajstić information content (AvgIpc) is 2.69. The Labute approximate surface area is 175 Å². The van der Waals surface area contributed by atoms with Crippen molar-refractivity contribution < 1.29 is 9.53 Å². The van der Waals surface area contributed by atoms with Crippen molar-refractivity contribution in [2.24, 2.45) is 0 Å². The molecule has 0 heterocycles. The largest absolute Gasteiger partial charge is 0.493 e. The normalized spacial score (nSPS) is 11.0. The molecule has 0 saturated carbocycles. The molecule has 6 heteroatoms. The lowest BCUT2D eigenvalue weighted by molar-refractivity contribution is -0.112. The van der Waals surface area contributed by atoms with Crippen LogP contribution in [0.25, 0.3) is 6.08 Å². The van der Waals surface area contributed by atoms with Crippen LogP contribution in [0.15, 0.2) is 48.0 Å². The lowest BCUT2D eigenvalue weighted by Gasteiger charge is -2.11. The lowest BCUT2D eigenvalue weighted by atomic mass is 10.1. The summed E-state index contributed by atoms with van der Waals surface area (Å²) in [6.07, 6.45) is 5.83. The molecule has 1 N–H and O–H groups in total. The van der Waals surface area contributed by atoms with Crippen LogP contribution in [0.1, 0.15) is 38.2 Å². The van der Waals surface area contributed by atoms with Crippen LogP contribution in [0.3, 0.4) is 0 Å². The van der Waals surface area contributed by atoms with Crippen LogP contribution in [-0.2, 0) is 4.79 Å². The third kappa shape index (κ3) is 6.60. The van der Waals surface area contributed by atoms with E-state index in [2.05, 4.69) is 12.2 Å². The van der Waals surface area contributed by atoms with Crippen LogP contribution in [-0.4, -0.2) is 12.5 Å². The zero-order valence-corrected chi connectivity index (χ0v) is 17.2. The SMILES string of the molecule is CCCCCCOc1ccc(Cl)cc1/C=C(\C#N)C(=O)Nc1ccccc1Cl. The van der Waals surface area contributed by atoms with Gasteiger partial charge >= 0.3 is 0 Å². The number of para-hydroxylation sites is 1. The smallest absolute Gasteiger partial charge is 0.266 e. The van der Waals surface area contributed by atoms with E-state index in [-0.39, 0.29) is 5.57 Å². The summed E-state index contributed by atoms with van der Waals surface area (Å²) in [5.74, 6) is 0.0312. The van der Waals surface area contributed by atoms with Gasteiger partial charge in [0, 0.05) is 10.6 Å².